The van der Waals surface area contributed by atoms with Crippen LogP contribution in [0, 0.1) is 5.92 Å². The van der Waals surface area contributed by atoms with E-state index in [0.29, 0.717) is 18.8 Å². The largest absolute Gasteiger partial charge is 0.467 e. The van der Waals surface area contributed by atoms with Gasteiger partial charge in [-0.25, -0.2) is 4.79 Å². The van der Waals surface area contributed by atoms with Crippen molar-refractivity contribution in [1.29, 1.82) is 0 Å². The first-order valence-corrected chi connectivity index (χ1v) is 6.60. The highest BCUT2D eigenvalue weighted by molar-refractivity contribution is 5.90. The standard InChI is InChI=1S/C13H24N2O4.ClH/c1-9-4-6-13(7-5-9,12(17)19-3)15-11(16)10(14)8-18-2;/h9-10H,4-8,14H2,1-3H3,(H,15,16);1H. The third kappa shape index (κ3) is 4.61. The number of nitrogens with two attached hydrogens (primary N) is 1. The zero-order valence-electron chi connectivity index (χ0n) is 12.3. The van der Waals surface area contributed by atoms with Gasteiger partial charge in [0, 0.05) is 7.11 Å². The van der Waals surface area contributed by atoms with Gasteiger partial charge in [-0.05, 0) is 31.6 Å². The van der Waals surface area contributed by atoms with Gasteiger partial charge in [0.05, 0.1) is 13.7 Å². The van der Waals surface area contributed by atoms with Crippen LogP contribution < -0.4 is 11.1 Å². The van der Waals surface area contributed by atoms with Crippen molar-refractivity contribution in [3.8, 4) is 0 Å². The molecule has 1 fully saturated rings. The van der Waals surface area contributed by atoms with Crippen LogP contribution in [0.15, 0.2) is 0 Å². The highest BCUT2D eigenvalue weighted by atomic mass is 35.5. The molecule has 20 heavy (non-hydrogen) atoms. The normalized spacial score (nSPS) is 27.1. The molecule has 1 rings (SSSR count). The molecule has 1 aliphatic rings. The molecule has 0 aromatic rings. The molecular formula is C13H25ClN2O4. The molecule has 118 valence electrons. The van der Waals surface area contributed by atoms with E-state index in [1.807, 2.05) is 0 Å². The molecule has 1 saturated carbocycles. The number of methoxy groups -OCH3 is 2. The Morgan fingerprint density at radius 3 is 2.35 bits per heavy atom. The number of hydrogen-bond donors (Lipinski definition) is 2. The summed E-state index contributed by atoms with van der Waals surface area (Å²) in [6.45, 7) is 2.26. The third-order valence-corrected chi connectivity index (χ3v) is 3.75. The Balaban J connectivity index is 0.00000361. The number of ether oxygens (including phenoxy) is 2. The summed E-state index contributed by atoms with van der Waals surface area (Å²) < 4.78 is 9.69. The summed E-state index contributed by atoms with van der Waals surface area (Å²) in [7, 11) is 2.81. The van der Waals surface area contributed by atoms with Crippen LogP contribution in [0.25, 0.3) is 0 Å². The van der Waals surface area contributed by atoms with Crippen LogP contribution in [0.2, 0.25) is 0 Å². The Labute approximate surface area is 126 Å². The van der Waals surface area contributed by atoms with Gasteiger partial charge < -0.3 is 20.5 Å². The number of hydrogen-bond acceptors (Lipinski definition) is 5. The molecule has 1 amide bonds. The average Bonchev–Trinajstić information content (AvgIpc) is 2.40. The zero-order valence-corrected chi connectivity index (χ0v) is 13.1. The van der Waals surface area contributed by atoms with E-state index in [4.69, 9.17) is 15.2 Å². The minimum absolute atomic E-state index is 0. The maximum atomic E-state index is 12.0. The van der Waals surface area contributed by atoms with Gasteiger partial charge in [-0.2, -0.15) is 0 Å². The van der Waals surface area contributed by atoms with Crippen LogP contribution >= 0.6 is 12.4 Å². The quantitative estimate of drug-likeness (QED) is 0.727. The third-order valence-electron chi connectivity index (χ3n) is 3.75. The van der Waals surface area contributed by atoms with E-state index < -0.39 is 17.6 Å². The van der Waals surface area contributed by atoms with Crippen molar-refractivity contribution in [2.24, 2.45) is 11.7 Å². The molecule has 0 aliphatic heterocycles. The maximum absolute atomic E-state index is 12.0. The summed E-state index contributed by atoms with van der Waals surface area (Å²) in [4.78, 5) is 24.0. The van der Waals surface area contributed by atoms with Crippen molar-refractivity contribution in [2.75, 3.05) is 20.8 Å². The fourth-order valence-electron chi connectivity index (χ4n) is 2.41. The van der Waals surface area contributed by atoms with E-state index in [0.717, 1.165) is 12.8 Å². The van der Waals surface area contributed by atoms with Gasteiger partial charge in [0.25, 0.3) is 0 Å². The van der Waals surface area contributed by atoms with Gasteiger partial charge in [-0.1, -0.05) is 6.92 Å². The van der Waals surface area contributed by atoms with E-state index in [-0.39, 0.29) is 24.9 Å². The summed E-state index contributed by atoms with van der Waals surface area (Å²) in [6.07, 6.45) is 2.95. The SMILES string of the molecule is COCC(N)C(=O)NC1(C(=O)OC)CCC(C)CC1.Cl. The van der Waals surface area contributed by atoms with Crippen molar-refractivity contribution in [3.05, 3.63) is 0 Å². The summed E-state index contributed by atoms with van der Waals surface area (Å²) in [5, 5.41) is 2.77. The van der Waals surface area contributed by atoms with Crippen molar-refractivity contribution < 1.29 is 19.1 Å². The van der Waals surface area contributed by atoms with Gasteiger partial charge in [0.1, 0.15) is 11.6 Å². The van der Waals surface area contributed by atoms with Crippen molar-refractivity contribution in [1.82, 2.24) is 5.32 Å². The first-order valence-electron chi connectivity index (χ1n) is 6.60. The Morgan fingerprint density at radius 1 is 1.35 bits per heavy atom. The Morgan fingerprint density at radius 2 is 1.90 bits per heavy atom. The Hall–Kier alpha value is -0.850. The van der Waals surface area contributed by atoms with Crippen LogP contribution in [0.4, 0.5) is 0 Å². The molecule has 0 spiro atoms. The second kappa shape index (κ2) is 8.44. The monoisotopic (exact) mass is 308 g/mol. The minimum atomic E-state index is -0.927. The number of esters is 1. The van der Waals surface area contributed by atoms with Crippen molar-refractivity contribution in [3.63, 3.8) is 0 Å². The second-order valence-electron chi connectivity index (χ2n) is 5.31. The molecule has 0 bridgehead atoms. The lowest BCUT2D eigenvalue weighted by Gasteiger charge is -2.38. The molecule has 1 atom stereocenters. The number of carbonyl (C=O) groups is 2. The number of carbonyl (C=O) groups excluding carboxylic acids is 2. The summed E-state index contributed by atoms with van der Waals surface area (Å²) in [5.41, 5.74) is 4.76. The van der Waals surface area contributed by atoms with Gasteiger partial charge in [-0.15, -0.1) is 12.4 Å². The number of halogens is 1. The lowest BCUT2D eigenvalue weighted by molar-refractivity contribution is -0.153. The molecular weight excluding hydrogens is 284 g/mol. The van der Waals surface area contributed by atoms with Crippen LogP contribution in [0.1, 0.15) is 32.6 Å². The molecule has 0 aromatic carbocycles. The highest BCUT2D eigenvalue weighted by Gasteiger charge is 2.43. The Kier molecular flexibility index (Phi) is 8.08. The molecule has 1 unspecified atom stereocenters. The molecule has 7 heteroatoms. The molecule has 1 aliphatic carbocycles. The number of amides is 1. The lowest BCUT2D eigenvalue weighted by atomic mass is 9.77. The topological polar surface area (TPSA) is 90.6 Å². The Bertz CT molecular complexity index is 330. The molecule has 3 N–H and O–H groups in total. The maximum Gasteiger partial charge on any atom is 0.331 e. The summed E-state index contributed by atoms with van der Waals surface area (Å²) >= 11 is 0. The van der Waals surface area contributed by atoms with Crippen LogP contribution in [0.5, 0.6) is 0 Å². The molecule has 0 heterocycles. The minimum Gasteiger partial charge on any atom is -0.467 e. The molecule has 0 saturated heterocycles. The van der Waals surface area contributed by atoms with Crippen LogP contribution in [-0.2, 0) is 19.1 Å². The van der Waals surface area contributed by atoms with Gasteiger partial charge in [-0.3, -0.25) is 4.79 Å². The molecule has 0 radical (unpaired) electrons. The summed E-state index contributed by atoms with van der Waals surface area (Å²) in [6, 6.07) is -0.772. The number of nitrogens with one attached hydrogen (secondary N) is 1. The van der Waals surface area contributed by atoms with Crippen molar-refractivity contribution in [2.45, 2.75) is 44.2 Å². The fraction of sp³-hybridized carbons (Fsp3) is 0.846. The van der Waals surface area contributed by atoms with E-state index in [1.165, 1.54) is 14.2 Å². The summed E-state index contributed by atoms with van der Waals surface area (Å²) in [5.74, 6) is -0.207. The first kappa shape index (κ1) is 19.1. The first-order chi connectivity index (χ1) is 8.95. The van der Waals surface area contributed by atoms with Gasteiger partial charge in [0.15, 0.2) is 0 Å². The molecule has 0 aromatic heterocycles. The van der Waals surface area contributed by atoms with Gasteiger partial charge >= 0.3 is 5.97 Å². The second-order valence-corrected chi connectivity index (χ2v) is 5.31. The lowest BCUT2D eigenvalue weighted by Crippen LogP contribution is -2.60. The number of rotatable bonds is 5. The highest BCUT2D eigenvalue weighted by Crippen LogP contribution is 2.32. The van der Waals surface area contributed by atoms with E-state index in [9.17, 15) is 9.59 Å². The van der Waals surface area contributed by atoms with E-state index >= 15 is 0 Å². The van der Waals surface area contributed by atoms with E-state index in [1.54, 1.807) is 0 Å². The van der Waals surface area contributed by atoms with Gasteiger partial charge in [0.2, 0.25) is 5.91 Å². The van der Waals surface area contributed by atoms with Crippen molar-refractivity contribution >= 4 is 24.3 Å². The van der Waals surface area contributed by atoms with Crippen LogP contribution in [-0.4, -0.2) is 44.3 Å². The predicted molar refractivity (Wildman–Crippen MR) is 77.6 cm³/mol. The smallest absolute Gasteiger partial charge is 0.331 e. The fourth-order valence-corrected chi connectivity index (χ4v) is 2.41. The molecule has 6 nitrogen and oxygen atoms in total. The predicted octanol–water partition coefficient (Wildman–Crippen LogP) is 0.620. The average molecular weight is 309 g/mol. The van der Waals surface area contributed by atoms with Crippen LogP contribution in [0.3, 0.4) is 0 Å². The van der Waals surface area contributed by atoms with E-state index in [2.05, 4.69) is 12.2 Å². The zero-order chi connectivity index (χ0) is 14.5.